The van der Waals surface area contributed by atoms with Crippen LogP contribution < -0.4 is 5.56 Å². The molecule has 17 heavy (non-hydrogen) atoms. The van der Waals surface area contributed by atoms with E-state index in [4.69, 9.17) is 0 Å². The molecule has 0 unspecified atom stereocenters. The lowest BCUT2D eigenvalue weighted by molar-refractivity contribution is 0.514. The SMILES string of the molecule is O=c1c(Br)cc2cncnc2n1C1CCCC1. The van der Waals surface area contributed by atoms with E-state index in [0.29, 0.717) is 4.47 Å². The number of pyridine rings is 1. The van der Waals surface area contributed by atoms with Gasteiger partial charge in [-0.25, -0.2) is 9.97 Å². The van der Waals surface area contributed by atoms with Gasteiger partial charge >= 0.3 is 0 Å². The average Bonchev–Trinajstić information content (AvgIpc) is 2.84. The largest absolute Gasteiger partial charge is 0.289 e. The van der Waals surface area contributed by atoms with E-state index in [1.165, 1.54) is 19.2 Å². The summed E-state index contributed by atoms with van der Waals surface area (Å²) in [5.74, 6) is 0. The molecule has 2 aromatic rings. The van der Waals surface area contributed by atoms with Crippen molar-refractivity contribution in [2.24, 2.45) is 0 Å². The number of aromatic nitrogens is 3. The van der Waals surface area contributed by atoms with Crippen molar-refractivity contribution >= 4 is 27.0 Å². The van der Waals surface area contributed by atoms with Gasteiger partial charge < -0.3 is 0 Å². The van der Waals surface area contributed by atoms with E-state index in [0.717, 1.165) is 23.9 Å². The van der Waals surface area contributed by atoms with Crippen molar-refractivity contribution < 1.29 is 0 Å². The van der Waals surface area contributed by atoms with Gasteiger partial charge in [-0.15, -0.1) is 0 Å². The maximum absolute atomic E-state index is 12.2. The van der Waals surface area contributed by atoms with Gasteiger partial charge in [0, 0.05) is 17.6 Å². The van der Waals surface area contributed by atoms with Crippen LogP contribution in [0.3, 0.4) is 0 Å². The standard InChI is InChI=1S/C12H12BrN3O/c13-10-5-8-6-14-7-15-11(8)16(12(10)17)9-3-1-2-4-9/h5-7,9H,1-4H2. The van der Waals surface area contributed by atoms with E-state index in [2.05, 4.69) is 25.9 Å². The van der Waals surface area contributed by atoms with E-state index in [1.54, 1.807) is 12.3 Å². The Bertz CT molecular complexity index is 617. The van der Waals surface area contributed by atoms with Crippen LogP contribution in [0, 0.1) is 0 Å². The van der Waals surface area contributed by atoms with Crippen LogP contribution in [0.1, 0.15) is 31.7 Å². The van der Waals surface area contributed by atoms with Gasteiger partial charge in [-0.3, -0.25) is 9.36 Å². The molecule has 0 amide bonds. The molecule has 0 N–H and O–H groups in total. The van der Waals surface area contributed by atoms with Gasteiger partial charge in [0.15, 0.2) is 0 Å². The molecular formula is C12H12BrN3O. The summed E-state index contributed by atoms with van der Waals surface area (Å²) in [5, 5.41) is 0.908. The quantitative estimate of drug-likeness (QED) is 0.812. The fraction of sp³-hybridized carbons (Fsp3) is 0.417. The molecule has 1 aliphatic carbocycles. The van der Waals surface area contributed by atoms with E-state index in [9.17, 15) is 4.79 Å². The number of hydrogen-bond acceptors (Lipinski definition) is 3. The molecule has 88 valence electrons. The molecule has 0 aromatic carbocycles. The molecule has 0 atom stereocenters. The molecule has 1 saturated carbocycles. The van der Waals surface area contributed by atoms with Crippen LogP contribution in [0.4, 0.5) is 0 Å². The first kappa shape index (κ1) is 10.9. The topological polar surface area (TPSA) is 47.8 Å². The van der Waals surface area contributed by atoms with Crippen LogP contribution >= 0.6 is 15.9 Å². The minimum absolute atomic E-state index is 0.0168. The van der Waals surface area contributed by atoms with Crippen LogP contribution in [0.15, 0.2) is 27.9 Å². The number of hydrogen-bond donors (Lipinski definition) is 0. The van der Waals surface area contributed by atoms with Crippen molar-refractivity contribution in [3.05, 3.63) is 33.4 Å². The first-order valence-corrected chi connectivity index (χ1v) is 6.57. The zero-order chi connectivity index (χ0) is 11.8. The third-order valence-electron chi connectivity index (χ3n) is 3.34. The van der Waals surface area contributed by atoms with Gasteiger partial charge in [-0.05, 0) is 34.8 Å². The second-order valence-corrected chi connectivity index (χ2v) is 5.26. The predicted octanol–water partition coefficient (Wildman–Crippen LogP) is 2.67. The molecule has 3 rings (SSSR count). The van der Waals surface area contributed by atoms with Gasteiger partial charge in [-0.2, -0.15) is 0 Å². The highest BCUT2D eigenvalue weighted by atomic mass is 79.9. The third kappa shape index (κ3) is 1.78. The first-order chi connectivity index (χ1) is 8.27. The minimum Gasteiger partial charge on any atom is -0.289 e. The Morgan fingerprint density at radius 1 is 1.35 bits per heavy atom. The molecule has 0 aliphatic heterocycles. The van der Waals surface area contributed by atoms with Crippen molar-refractivity contribution in [2.75, 3.05) is 0 Å². The summed E-state index contributed by atoms with van der Waals surface area (Å²) in [4.78, 5) is 20.5. The maximum atomic E-state index is 12.2. The van der Waals surface area contributed by atoms with Crippen molar-refractivity contribution in [2.45, 2.75) is 31.7 Å². The molecule has 2 aromatic heterocycles. The Hall–Kier alpha value is -1.23. The molecule has 0 bridgehead atoms. The summed E-state index contributed by atoms with van der Waals surface area (Å²) in [6, 6.07) is 2.08. The number of rotatable bonds is 1. The Morgan fingerprint density at radius 3 is 2.88 bits per heavy atom. The summed E-state index contributed by atoms with van der Waals surface area (Å²) in [6.07, 6.45) is 7.76. The molecule has 2 heterocycles. The smallest absolute Gasteiger partial charge is 0.266 e. The number of halogens is 1. The number of fused-ring (bicyclic) bond motifs is 1. The van der Waals surface area contributed by atoms with Crippen LogP contribution in [-0.2, 0) is 0 Å². The molecule has 1 fully saturated rings. The summed E-state index contributed by atoms with van der Waals surface area (Å²) >= 11 is 3.33. The monoisotopic (exact) mass is 293 g/mol. The fourth-order valence-corrected chi connectivity index (χ4v) is 2.99. The van der Waals surface area contributed by atoms with Gasteiger partial charge in [0.1, 0.15) is 12.0 Å². The Kier molecular flexibility index (Phi) is 2.70. The maximum Gasteiger partial charge on any atom is 0.266 e. The second-order valence-electron chi connectivity index (χ2n) is 4.41. The summed E-state index contributed by atoms with van der Waals surface area (Å²) in [5.41, 5.74) is 0.767. The van der Waals surface area contributed by atoms with Crippen LogP contribution in [-0.4, -0.2) is 14.5 Å². The Labute approximate surface area is 107 Å². The molecule has 0 saturated heterocycles. The molecule has 4 nitrogen and oxygen atoms in total. The molecular weight excluding hydrogens is 282 g/mol. The lowest BCUT2D eigenvalue weighted by atomic mass is 10.2. The highest BCUT2D eigenvalue weighted by Gasteiger charge is 2.21. The van der Waals surface area contributed by atoms with Crippen LogP contribution in [0.5, 0.6) is 0 Å². The van der Waals surface area contributed by atoms with Gasteiger partial charge in [-0.1, -0.05) is 12.8 Å². The lowest BCUT2D eigenvalue weighted by Gasteiger charge is -2.16. The Balaban J connectivity index is 2.33. The highest BCUT2D eigenvalue weighted by molar-refractivity contribution is 9.10. The first-order valence-electron chi connectivity index (χ1n) is 5.78. The van der Waals surface area contributed by atoms with Crippen molar-refractivity contribution in [3.63, 3.8) is 0 Å². The number of nitrogens with zero attached hydrogens (tertiary/aromatic N) is 3. The third-order valence-corrected chi connectivity index (χ3v) is 3.91. The fourth-order valence-electron chi connectivity index (χ4n) is 2.55. The highest BCUT2D eigenvalue weighted by Crippen LogP contribution is 2.30. The molecule has 0 radical (unpaired) electrons. The molecule has 5 heteroatoms. The van der Waals surface area contributed by atoms with Crippen molar-refractivity contribution in [3.8, 4) is 0 Å². The van der Waals surface area contributed by atoms with E-state index in [-0.39, 0.29) is 11.6 Å². The average molecular weight is 294 g/mol. The predicted molar refractivity (Wildman–Crippen MR) is 69.0 cm³/mol. The van der Waals surface area contributed by atoms with E-state index in [1.807, 2.05) is 4.57 Å². The van der Waals surface area contributed by atoms with E-state index >= 15 is 0 Å². The summed E-state index contributed by atoms with van der Waals surface area (Å²) < 4.78 is 2.42. The van der Waals surface area contributed by atoms with E-state index < -0.39 is 0 Å². The van der Waals surface area contributed by atoms with Crippen molar-refractivity contribution in [1.29, 1.82) is 0 Å². The normalized spacial score (nSPS) is 16.8. The zero-order valence-corrected chi connectivity index (χ0v) is 10.9. The summed E-state index contributed by atoms with van der Waals surface area (Å²) in [7, 11) is 0. The van der Waals surface area contributed by atoms with Crippen LogP contribution in [0.25, 0.3) is 11.0 Å². The Morgan fingerprint density at radius 2 is 2.12 bits per heavy atom. The van der Waals surface area contributed by atoms with Gasteiger partial charge in [0.2, 0.25) is 0 Å². The van der Waals surface area contributed by atoms with Crippen LogP contribution in [0.2, 0.25) is 0 Å². The minimum atomic E-state index is 0.0168. The zero-order valence-electron chi connectivity index (χ0n) is 9.27. The lowest BCUT2D eigenvalue weighted by Crippen LogP contribution is -2.25. The molecule has 1 aliphatic rings. The second kappa shape index (κ2) is 4.22. The molecule has 0 spiro atoms. The van der Waals surface area contributed by atoms with Crippen molar-refractivity contribution in [1.82, 2.24) is 14.5 Å². The van der Waals surface area contributed by atoms with Gasteiger partial charge in [0.05, 0.1) is 4.47 Å². The summed E-state index contributed by atoms with van der Waals surface area (Å²) in [6.45, 7) is 0. The van der Waals surface area contributed by atoms with Gasteiger partial charge in [0.25, 0.3) is 5.56 Å².